The number of urea groups is 1. The third kappa shape index (κ3) is 1.49. The first kappa shape index (κ1) is 8.49. The molecule has 0 spiro atoms. The standard InChI is InChI=1S/C8H8N4O2/c1-12-4-5(3-9-12)2-6-7(13)11-8(14)10-6/h2-4H,1H3,(H2,10,11,13,14). The number of amides is 3. The summed E-state index contributed by atoms with van der Waals surface area (Å²) in [5, 5.41) is 8.43. The molecule has 1 fully saturated rings. The molecule has 3 amide bonds. The Labute approximate surface area is 79.6 Å². The molecule has 1 aromatic rings. The SMILES string of the molecule is Cn1cc(C=C2NC(=O)NC2=O)cn1. The van der Waals surface area contributed by atoms with Crippen LogP contribution >= 0.6 is 0 Å². The Morgan fingerprint density at radius 1 is 1.43 bits per heavy atom. The van der Waals surface area contributed by atoms with Gasteiger partial charge in [-0.3, -0.25) is 14.8 Å². The molecule has 6 heteroatoms. The number of hydrogen-bond acceptors (Lipinski definition) is 3. The Morgan fingerprint density at radius 2 is 2.21 bits per heavy atom. The van der Waals surface area contributed by atoms with Gasteiger partial charge in [-0.25, -0.2) is 4.79 Å². The molecule has 0 aromatic carbocycles. The predicted molar refractivity (Wildman–Crippen MR) is 47.9 cm³/mol. The van der Waals surface area contributed by atoms with Crippen LogP contribution in [-0.2, 0) is 11.8 Å². The number of hydrogen-bond donors (Lipinski definition) is 2. The number of rotatable bonds is 1. The summed E-state index contributed by atoms with van der Waals surface area (Å²) in [7, 11) is 1.77. The van der Waals surface area contributed by atoms with Crippen molar-refractivity contribution >= 4 is 18.0 Å². The molecule has 72 valence electrons. The van der Waals surface area contributed by atoms with Gasteiger partial charge in [-0.1, -0.05) is 0 Å². The first-order valence-corrected chi connectivity index (χ1v) is 3.98. The number of aryl methyl sites for hydroxylation is 1. The molecule has 1 aliphatic heterocycles. The zero-order valence-corrected chi connectivity index (χ0v) is 7.44. The molecule has 2 rings (SSSR count). The minimum atomic E-state index is -0.495. The molecule has 1 aromatic heterocycles. The van der Waals surface area contributed by atoms with Gasteiger partial charge in [0.1, 0.15) is 5.70 Å². The van der Waals surface area contributed by atoms with Crippen LogP contribution in [0.4, 0.5) is 4.79 Å². The fourth-order valence-corrected chi connectivity index (χ4v) is 1.16. The number of nitrogens with zero attached hydrogens (tertiary/aromatic N) is 2. The van der Waals surface area contributed by atoms with E-state index in [9.17, 15) is 9.59 Å². The quantitative estimate of drug-likeness (QED) is 0.469. The smallest absolute Gasteiger partial charge is 0.303 e. The highest BCUT2D eigenvalue weighted by Gasteiger charge is 2.22. The molecule has 0 atom stereocenters. The third-order valence-electron chi connectivity index (χ3n) is 1.76. The maximum Gasteiger partial charge on any atom is 0.326 e. The van der Waals surface area contributed by atoms with Crippen LogP contribution in [-0.4, -0.2) is 21.7 Å². The lowest BCUT2D eigenvalue weighted by molar-refractivity contribution is -0.115. The van der Waals surface area contributed by atoms with Crippen molar-refractivity contribution in [1.82, 2.24) is 20.4 Å². The summed E-state index contributed by atoms with van der Waals surface area (Å²) in [6.07, 6.45) is 4.91. The molecule has 1 saturated heterocycles. The van der Waals surface area contributed by atoms with Gasteiger partial charge < -0.3 is 5.32 Å². The molecule has 2 heterocycles. The van der Waals surface area contributed by atoms with Crippen molar-refractivity contribution in [2.45, 2.75) is 0 Å². The number of carbonyl (C=O) groups is 2. The minimum absolute atomic E-state index is 0.239. The van der Waals surface area contributed by atoms with Crippen molar-refractivity contribution in [3.05, 3.63) is 23.7 Å². The van der Waals surface area contributed by atoms with E-state index in [1.54, 1.807) is 30.2 Å². The number of nitrogens with one attached hydrogen (secondary N) is 2. The van der Waals surface area contributed by atoms with Gasteiger partial charge >= 0.3 is 6.03 Å². The number of imide groups is 1. The summed E-state index contributed by atoms with van der Waals surface area (Å²) in [4.78, 5) is 21.9. The monoisotopic (exact) mass is 192 g/mol. The van der Waals surface area contributed by atoms with E-state index in [2.05, 4.69) is 15.7 Å². The summed E-state index contributed by atoms with van der Waals surface area (Å²) in [6, 6.07) is -0.495. The topological polar surface area (TPSA) is 76.0 Å². The van der Waals surface area contributed by atoms with Crippen LogP contribution in [0, 0.1) is 0 Å². The zero-order chi connectivity index (χ0) is 10.1. The highest BCUT2D eigenvalue weighted by Crippen LogP contribution is 2.06. The largest absolute Gasteiger partial charge is 0.326 e. The zero-order valence-electron chi connectivity index (χ0n) is 7.44. The molecule has 6 nitrogen and oxygen atoms in total. The normalized spacial score (nSPS) is 18.5. The molecule has 1 aliphatic rings. The molecule has 0 bridgehead atoms. The highest BCUT2D eigenvalue weighted by molar-refractivity contribution is 6.13. The van der Waals surface area contributed by atoms with E-state index in [1.807, 2.05) is 0 Å². The Bertz CT molecular complexity index is 432. The maximum atomic E-state index is 11.1. The first-order valence-electron chi connectivity index (χ1n) is 3.98. The highest BCUT2D eigenvalue weighted by atomic mass is 16.2. The van der Waals surface area contributed by atoms with Gasteiger partial charge in [0.05, 0.1) is 6.20 Å². The van der Waals surface area contributed by atoms with E-state index in [-0.39, 0.29) is 5.70 Å². The summed E-state index contributed by atoms with van der Waals surface area (Å²) >= 11 is 0. The Kier molecular flexibility index (Phi) is 1.81. The summed E-state index contributed by atoms with van der Waals surface area (Å²) < 4.78 is 1.61. The van der Waals surface area contributed by atoms with Crippen molar-refractivity contribution in [2.24, 2.45) is 7.05 Å². The van der Waals surface area contributed by atoms with E-state index in [1.165, 1.54) is 0 Å². The van der Waals surface area contributed by atoms with Crippen LogP contribution in [0.3, 0.4) is 0 Å². The molecule has 2 N–H and O–H groups in total. The average molecular weight is 192 g/mol. The van der Waals surface area contributed by atoms with Gasteiger partial charge in [0, 0.05) is 18.8 Å². The lowest BCUT2D eigenvalue weighted by atomic mass is 10.3. The maximum absolute atomic E-state index is 11.1. The van der Waals surface area contributed by atoms with Crippen LogP contribution in [0.5, 0.6) is 0 Å². The molecular formula is C8H8N4O2. The van der Waals surface area contributed by atoms with Gasteiger partial charge in [-0.15, -0.1) is 0 Å². The summed E-state index contributed by atoms with van der Waals surface area (Å²) in [5.41, 5.74) is 1.00. The molecule has 0 unspecified atom stereocenters. The minimum Gasteiger partial charge on any atom is -0.303 e. The van der Waals surface area contributed by atoms with Gasteiger partial charge in [0.25, 0.3) is 5.91 Å². The van der Waals surface area contributed by atoms with Crippen LogP contribution in [0.25, 0.3) is 6.08 Å². The number of carbonyl (C=O) groups excluding carboxylic acids is 2. The Balaban J connectivity index is 2.27. The van der Waals surface area contributed by atoms with Gasteiger partial charge in [0.2, 0.25) is 0 Å². The van der Waals surface area contributed by atoms with Crippen molar-refractivity contribution in [2.75, 3.05) is 0 Å². The van der Waals surface area contributed by atoms with Gasteiger partial charge in [-0.2, -0.15) is 5.10 Å². The van der Waals surface area contributed by atoms with Crippen molar-refractivity contribution in [1.29, 1.82) is 0 Å². The van der Waals surface area contributed by atoms with Crippen molar-refractivity contribution in [3.63, 3.8) is 0 Å². The second-order valence-corrected chi connectivity index (χ2v) is 2.91. The molecule has 0 radical (unpaired) electrons. The fraction of sp³-hybridized carbons (Fsp3) is 0.125. The lowest BCUT2D eigenvalue weighted by Crippen LogP contribution is -2.22. The van der Waals surface area contributed by atoms with Crippen LogP contribution in [0.15, 0.2) is 18.1 Å². The van der Waals surface area contributed by atoms with Gasteiger partial charge in [-0.05, 0) is 6.08 Å². The molecular weight excluding hydrogens is 184 g/mol. The van der Waals surface area contributed by atoms with Crippen LogP contribution in [0.1, 0.15) is 5.56 Å². The van der Waals surface area contributed by atoms with Crippen molar-refractivity contribution < 1.29 is 9.59 Å². The van der Waals surface area contributed by atoms with E-state index < -0.39 is 11.9 Å². The van der Waals surface area contributed by atoms with E-state index in [0.29, 0.717) is 0 Å². The third-order valence-corrected chi connectivity index (χ3v) is 1.76. The number of aromatic nitrogens is 2. The van der Waals surface area contributed by atoms with E-state index >= 15 is 0 Å². The second-order valence-electron chi connectivity index (χ2n) is 2.91. The average Bonchev–Trinajstić information content (AvgIpc) is 2.61. The Hall–Kier alpha value is -2.11. The molecule has 14 heavy (non-hydrogen) atoms. The van der Waals surface area contributed by atoms with Crippen LogP contribution < -0.4 is 10.6 Å². The van der Waals surface area contributed by atoms with E-state index in [4.69, 9.17) is 0 Å². The van der Waals surface area contributed by atoms with Crippen molar-refractivity contribution in [3.8, 4) is 0 Å². The first-order chi connectivity index (χ1) is 6.65. The second kappa shape index (κ2) is 2.99. The molecule has 0 aliphatic carbocycles. The van der Waals surface area contributed by atoms with E-state index in [0.717, 1.165) is 5.56 Å². The van der Waals surface area contributed by atoms with Gasteiger partial charge in [0.15, 0.2) is 0 Å². The summed E-state index contributed by atoms with van der Waals surface area (Å²) in [5.74, 6) is -0.418. The van der Waals surface area contributed by atoms with Crippen LogP contribution in [0.2, 0.25) is 0 Å². The Morgan fingerprint density at radius 3 is 2.71 bits per heavy atom. The predicted octanol–water partition coefficient (Wildman–Crippen LogP) is -0.400. The fourth-order valence-electron chi connectivity index (χ4n) is 1.16. The summed E-state index contributed by atoms with van der Waals surface area (Å²) in [6.45, 7) is 0. The molecule has 0 saturated carbocycles. The lowest BCUT2D eigenvalue weighted by Gasteiger charge is -1.90.